The van der Waals surface area contributed by atoms with Crippen molar-refractivity contribution < 1.29 is 9.90 Å². The molecular formula is C16H21NO2. The van der Waals surface area contributed by atoms with Crippen LogP contribution in [0.2, 0.25) is 0 Å². The third-order valence-corrected chi connectivity index (χ3v) is 3.81. The van der Waals surface area contributed by atoms with Crippen LogP contribution < -0.4 is 0 Å². The van der Waals surface area contributed by atoms with Gasteiger partial charge in [-0.1, -0.05) is 36.8 Å². The first kappa shape index (κ1) is 13.8. The molecule has 2 unspecified atom stereocenters. The fraction of sp³-hybridized carbons (Fsp3) is 0.438. The predicted molar refractivity (Wildman–Crippen MR) is 76.6 cm³/mol. The standard InChI is InChI=1S/C16H21NO2/c1-12-4-3-5-14(10-12)6-7-16(19)17-9-8-13(2)15(17)11-18/h3-7,10,13,15,18H,8-9,11H2,1-2H3/b7-6+. The van der Waals surface area contributed by atoms with Crippen molar-refractivity contribution in [1.29, 1.82) is 0 Å². The maximum atomic E-state index is 12.1. The SMILES string of the molecule is Cc1cccc(/C=C/C(=O)N2CCC(C)C2CO)c1. The van der Waals surface area contributed by atoms with Gasteiger partial charge in [-0.2, -0.15) is 0 Å². The number of nitrogens with zero attached hydrogens (tertiary/aromatic N) is 1. The molecule has 0 aliphatic carbocycles. The van der Waals surface area contributed by atoms with Gasteiger partial charge in [0.25, 0.3) is 0 Å². The molecule has 1 aromatic carbocycles. The molecule has 0 aromatic heterocycles. The van der Waals surface area contributed by atoms with E-state index in [0.29, 0.717) is 5.92 Å². The van der Waals surface area contributed by atoms with Gasteiger partial charge >= 0.3 is 0 Å². The Kier molecular flexibility index (Phi) is 4.38. The van der Waals surface area contributed by atoms with Crippen LogP contribution in [-0.2, 0) is 4.79 Å². The van der Waals surface area contributed by atoms with Gasteiger partial charge in [-0.3, -0.25) is 4.79 Å². The summed E-state index contributed by atoms with van der Waals surface area (Å²) in [5.74, 6) is 0.367. The van der Waals surface area contributed by atoms with Crippen LogP contribution >= 0.6 is 0 Å². The van der Waals surface area contributed by atoms with E-state index >= 15 is 0 Å². The minimum absolute atomic E-state index is 0.00935. The molecule has 1 amide bonds. The van der Waals surface area contributed by atoms with Crippen molar-refractivity contribution in [2.24, 2.45) is 5.92 Å². The van der Waals surface area contributed by atoms with E-state index in [1.807, 2.05) is 37.3 Å². The highest BCUT2D eigenvalue weighted by molar-refractivity contribution is 5.92. The Balaban J connectivity index is 2.05. The maximum absolute atomic E-state index is 12.1. The zero-order chi connectivity index (χ0) is 13.8. The maximum Gasteiger partial charge on any atom is 0.246 e. The smallest absolute Gasteiger partial charge is 0.246 e. The summed E-state index contributed by atoms with van der Waals surface area (Å²) >= 11 is 0. The summed E-state index contributed by atoms with van der Waals surface area (Å²) < 4.78 is 0. The van der Waals surface area contributed by atoms with Gasteiger partial charge in [-0.25, -0.2) is 0 Å². The Hall–Kier alpha value is -1.61. The number of benzene rings is 1. The van der Waals surface area contributed by atoms with Crippen molar-refractivity contribution in [2.75, 3.05) is 13.2 Å². The number of rotatable bonds is 3. The number of amides is 1. The lowest BCUT2D eigenvalue weighted by Gasteiger charge is -2.23. The monoisotopic (exact) mass is 259 g/mol. The Morgan fingerprint density at radius 3 is 3.00 bits per heavy atom. The van der Waals surface area contributed by atoms with Crippen molar-refractivity contribution in [2.45, 2.75) is 26.3 Å². The van der Waals surface area contributed by atoms with Crippen LogP contribution in [0.4, 0.5) is 0 Å². The van der Waals surface area contributed by atoms with E-state index in [4.69, 9.17) is 0 Å². The van der Waals surface area contributed by atoms with Crippen LogP contribution in [-0.4, -0.2) is 35.1 Å². The van der Waals surface area contributed by atoms with E-state index in [2.05, 4.69) is 6.92 Å². The highest BCUT2D eigenvalue weighted by Crippen LogP contribution is 2.23. The van der Waals surface area contributed by atoms with Crippen molar-refractivity contribution in [3.8, 4) is 0 Å². The molecule has 0 saturated carbocycles. The molecule has 2 rings (SSSR count). The summed E-state index contributed by atoms with van der Waals surface area (Å²) in [7, 11) is 0. The van der Waals surface area contributed by atoms with Gasteiger partial charge in [0.15, 0.2) is 0 Å². The molecule has 1 N–H and O–H groups in total. The lowest BCUT2D eigenvalue weighted by Crippen LogP contribution is -2.38. The summed E-state index contributed by atoms with van der Waals surface area (Å²) in [6, 6.07) is 8.00. The zero-order valence-corrected chi connectivity index (χ0v) is 11.5. The average molecular weight is 259 g/mol. The molecule has 3 nitrogen and oxygen atoms in total. The van der Waals surface area contributed by atoms with Gasteiger partial charge in [0, 0.05) is 12.6 Å². The lowest BCUT2D eigenvalue weighted by molar-refractivity contribution is -0.127. The number of carbonyl (C=O) groups is 1. The second-order valence-corrected chi connectivity index (χ2v) is 5.29. The molecule has 1 fully saturated rings. The van der Waals surface area contributed by atoms with Gasteiger partial charge in [0.05, 0.1) is 12.6 Å². The van der Waals surface area contributed by atoms with Gasteiger partial charge in [0.1, 0.15) is 0 Å². The molecule has 1 aliphatic rings. The second-order valence-electron chi connectivity index (χ2n) is 5.29. The molecule has 0 spiro atoms. The van der Waals surface area contributed by atoms with Crippen molar-refractivity contribution in [1.82, 2.24) is 4.90 Å². The topological polar surface area (TPSA) is 40.5 Å². The van der Waals surface area contributed by atoms with Crippen molar-refractivity contribution in [3.63, 3.8) is 0 Å². The van der Waals surface area contributed by atoms with Crippen LogP contribution in [0, 0.1) is 12.8 Å². The first-order valence-electron chi connectivity index (χ1n) is 6.78. The second kappa shape index (κ2) is 6.02. The van der Waals surface area contributed by atoms with E-state index in [1.165, 1.54) is 5.56 Å². The summed E-state index contributed by atoms with van der Waals surface area (Å²) in [6.45, 7) is 4.90. The van der Waals surface area contributed by atoms with Crippen LogP contribution in [0.3, 0.4) is 0 Å². The number of likely N-dealkylation sites (tertiary alicyclic amines) is 1. The Bertz CT molecular complexity index is 481. The normalized spacial score (nSPS) is 23.2. The molecule has 19 heavy (non-hydrogen) atoms. The summed E-state index contributed by atoms with van der Waals surface area (Å²) in [4.78, 5) is 13.9. The first-order valence-corrected chi connectivity index (χ1v) is 6.78. The molecule has 1 aliphatic heterocycles. The largest absolute Gasteiger partial charge is 0.394 e. The van der Waals surface area contributed by atoms with Crippen LogP contribution in [0.1, 0.15) is 24.5 Å². The first-order chi connectivity index (χ1) is 9.11. The predicted octanol–water partition coefficient (Wildman–Crippen LogP) is 2.24. The van der Waals surface area contributed by atoms with Crippen molar-refractivity contribution in [3.05, 3.63) is 41.5 Å². The lowest BCUT2D eigenvalue weighted by atomic mass is 10.0. The minimum Gasteiger partial charge on any atom is -0.394 e. The summed E-state index contributed by atoms with van der Waals surface area (Å²) in [5, 5.41) is 9.36. The third-order valence-electron chi connectivity index (χ3n) is 3.81. The van der Waals surface area contributed by atoms with Gasteiger partial charge in [0.2, 0.25) is 5.91 Å². The van der Waals surface area contributed by atoms with Gasteiger partial charge < -0.3 is 10.0 Å². The van der Waals surface area contributed by atoms with E-state index in [0.717, 1.165) is 18.5 Å². The molecule has 1 heterocycles. The summed E-state index contributed by atoms with van der Waals surface area (Å²) in [5.41, 5.74) is 2.21. The number of aliphatic hydroxyl groups excluding tert-OH is 1. The van der Waals surface area contributed by atoms with Gasteiger partial charge in [-0.15, -0.1) is 0 Å². The fourth-order valence-corrected chi connectivity index (χ4v) is 2.60. The number of aliphatic hydroxyl groups is 1. The van der Waals surface area contributed by atoms with E-state index in [9.17, 15) is 9.90 Å². The minimum atomic E-state index is -0.0327. The fourth-order valence-electron chi connectivity index (χ4n) is 2.60. The highest BCUT2D eigenvalue weighted by Gasteiger charge is 2.32. The van der Waals surface area contributed by atoms with Crippen molar-refractivity contribution >= 4 is 12.0 Å². The molecular weight excluding hydrogens is 238 g/mol. The Morgan fingerprint density at radius 1 is 1.53 bits per heavy atom. The van der Waals surface area contributed by atoms with Crippen LogP contribution in [0.5, 0.6) is 0 Å². The van der Waals surface area contributed by atoms with Crippen LogP contribution in [0.15, 0.2) is 30.3 Å². The third kappa shape index (κ3) is 3.24. The average Bonchev–Trinajstić information content (AvgIpc) is 2.77. The molecule has 0 radical (unpaired) electrons. The Labute approximate surface area is 114 Å². The highest BCUT2D eigenvalue weighted by atomic mass is 16.3. The molecule has 0 bridgehead atoms. The molecule has 1 saturated heterocycles. The van der Waals surface area contributed by atoms with E-state index in [-0.39, 0.29) is 18.6 Å². The van der Waals surface area contributed by atoms with Crippen LogP contribution in [0.25, 0.3) is 6.08 Å². The van der Waals surface area contributed by atoms with Gasteiger partial charge in [-0.05, 0) is 30.9 Å². The number of hydrogen-bond donors (Lipinski definition) is 1. The number of carbonyl (C=O) groups excluding carboxylic acids is 1. The number of aryl methyl sites for hydroxylation is 1. The number of hydrogen-bond acceptors (Lipinski definition) is 2. The van der Waals surface area contributed by atoms with E-state index < -0.39 is 0 Å². The summed E-state index contributed by atoms with van der Waals surface area (Å²) in [6.07, 6.45) is 4.41. The molecule has 1 aromatic rings. The molecule has 2 atom stereocenters. The molecule has 3 heteroatoms. The zero-order valence-electron chi connectivity index (χ0n) is 11.5. The molecule has 102 valence electrons. The Morgan fingerprint density at radius 2 is 2.32 bits per heavy atom. The quantitative estimate of drug-likeness (QED) is 0.846. The van der Waals surface area contributed by atoms with E-state index in [1.54, 1.807) is 11.0 Å².